The number of amidine groups is 1. The van der Waals surface area contributed by atoms with Crippen LogP contribution in [0.25, 0.3) is 0 Å². The number of halogens is 13. The lowest BCUT2D eigenvalue weighted by atomic mass is 9.85. The van der Waals surface area contributed by atoms with Crippen molar-refractivity contribution in [1.29, 1.82) is 0 Å². The summed E-state index contributed by atoms with van der Waals surface area (Å²) in [6.45, 7) is 28.1. The molecule has 7 N–H and O–H groups in total. The van der Waals surface area contributed by atoms with Gasteiger partial charge in [-0.3, -0.25) is 29.7 Å². The standard InChI is InChI=1S/C20H18F2INOS.C20H19F2NOS.C19H18F2N2OS.C15H21F2NOS.C12H14F2N2S.C11H13F2N/c1-20(14-9-5-6-10-15(14)21)19(22)17(12-23)26-18(24-20)11-16(25)13-7-3-2-4-8-13;1-13-19(22)20(2,15-10-6-7-11-16(15)21)23-18(25-13)12-17(24)14-8-4-3-5-9-14;1-3-16(21)19(2,14-11-7-8-12-15(14)20)23-18(25)22-17(24)13-9-5-4-6-10-13;1-6-13(17)15(5,18-20(19)14(2,3)4)11-9-7-8-10-12(11)16;1-7-10(14)12(2,16-11(15)17-7)8-5-3-4-6-9(8)13;1-3-10(13)11(2,14)8-6-4-5-7-9(8)12/h2-10,17,19H,11-12H2,1H3;3-11,13,19H,12H2,1-2H3;3-12,16H,1H2,2H3,(H2,22,23,24,25);6-10,13,18H,1H2,2-5H3;3-7,10H,1-2H3,(H2,15,16);3-7,10H,1,14H2,2H3/t17-,19+,20-;13-,19+,20-;16-,19+;13-,15+,20+;7-,10+,12-;10-,11+/m110010/s1. The van der Waals surface area contributed by atoms with Gasteiger partial charge in [-0.05, 0) is 137 Å². The van der Waals surface area contributed by atoms with Gasteiger partial charge in [0, 0.05) is 65.0 Å². The number of nitrogens with two attached hydrogens (primary N) is 2. The molecule has 3 aliphatic heterocycles. The highest BCUT2D eigenvalue weighted by Crippen LogP contribution is 2.47. The molecule has 0 unspecified atom stereocenters. The topological polar surface area (TPSA) is 193 Å². The Labute approximate surface area is 770 Å². The Kier molecular flexibility index (Phi) is 38.6. The number of aliphatic imine (C=N–C) groups is 3. The Balaban J connectivity index is 0.000000211. The Bertz CT molecular complexity index is 5400. The predicted molar refractivity (Wildman–Crippen MR) is 509 cm³/mol. The largest absolute Gasteiger partial charge is 0.379 e. The molecule has 0 bridgehead atoms. The van der Waals surface area contributed by atoms with E-state index in [9.17, 15) is 66.9 Å². The molecule has 0 saturated carbocycles. The fraction of sp³-hybridized carbons (Fsp3) is 0.309. The van der Waals surface area contributed by atoms with Gasteiger partial charge in [-0.1, -0.05) is 241 Å². The van der Waals surface area contributed by atoms with Crippen LogP contribution in [0.5, 0.6) is 0 Å². The number of carbonyl (C=O) groups is 3. The van der Waals surface area contributed by atoms with Crippen molar-refractivity contribution >= 4 is 119 Å². The molecule has 12 nitrogen and oxygen atoms in total. The molecule has 0 aliphatic carbocycles. The number of alkyl halides is 7. The number of rotatable bonds is 23. The zero-order chi connectivity index (χ0) is 94.2. The third-order valence-corrected chi connectivity index (χ3v) is 27.8. The molecule has 9 aromatic rings. The summed E-state index contributed by atoms with van der Waals surface area (Å²) in [5, 5.41) is 5.36. The third-order valence-electron chi connectivity index (χ3n) is 21.1. The first-order chi connectivity index (χ1) is 59.8. The third kappa shape index (κ3) is 26.7. The first-order valence-electron chi connectivity index (χ1n) is 40.0. The minimum atomic E-state index is -1.64. The molecule has 9 aromatic carbocycles. The van der Waals surface area contributed by atoms with Crippen LogP contribution in [0.15, 0.2) is 290 Å². The molecule has 127 heavy (non-hydrogen) atoms. The molecular weight excluding hydrogens is 1860 g/mol. The minimum absolute atomic E-state index is 0.0720. The first-order valence-corrected chi connectivity index (χ1v) is 45.7. The van der Waals surface area contributed by atoms with Crippen LogP contribution in [-0.4, -0.2) is 104 Å². The molecule has 12 rings (SSSR count). The first kappa shape index (κ1) is 105. The molecule has 1 amide bonds. The van der Waals surface area contributed by atoms with Gasteiger partial charge in [0.2, 0.25) is 0 Å². The lowest BCUT2D eigenvalue weighted by Crippen LogP contribution is -2.54. The lowest BCUT2D eigenvalue weighted by molar-refractivity contribution is 0.0971. The molecule has 0 saturated heterocycles. The van der Waals surface area contributed by atoms with Crippen LogP contribution in [0.4, 0.5) is 52.7 Å². The number of hydrogen-bond acceptors (Lipinski definition) is 13. The highest BCUT2D eigenvalue weighted by atomic mass is 127. The van der Waals surface area contributed by atoms with Gasteiger partial charge in [-0.25, -0.2) is 66.6 Å². The van der Waals surface area contributed by atoms with Crippen molar-refractivity contribution in [1.82, 2.24) is 15.4 Å². The smallest absolute Gasteiger partial charge is 0.257 e. The van der Waals surface area contributed by atoms with Crippen LogP contribution in [0, 0.1) is 34.9 Å². The summed E-state index contributed by atoms with van der Waals surface area (Å²) in [6, 6.07) is 62.3. The fourth-order valence-corrected chi connectivity index (χ4v) is 19.5. The summed E-state index contributed by atoms with van der Waals surface area (Å²) in [5.41, 5.74) is 5.81. The number of Topliss-reactive ketones (excluding diaryl/α,β-unsaturated/α-hetero) is 2. The Morgan fingerprint density at radius 2 is 0.803 bits per heavy atom. The summed E-state index contributed by atoms with van der Waals surface area (Å²) >= 11 is 11.0. The molecule has 30 heteroatoms. The lowest BCUT2D eigenvalue weighted by Gasteiger charge is -2.38. The van der Waals surface area contributed by atoms with Crippen molar-refractivity contribution in [3.63, 3.8) is 0 Å². The van der Waals surface area contributed by atoms with Crippen LogP contribution in [0.1, 0.15) is 153 Å². The number of nitrogens with zero attached hydrogens (tertiary/aromatic N) is 3. The van der Waals surface area contributed by atoms with E-state index in [0.717, 1.165) is 18.2 Å². The molecule has 0 fully saturated rings. The van der Waals surface area contributed by atoms with Crippen molar-refractivity contribution < 1.29 is 71.3 Å². The maximum Gasteiger partial charge on any atom is 0.257 e. The minimum Gasteiger partial charge on any atom is -0.379 e. The van der Waals surface area contributed by atoms with Gasteiger partial charge in [0.25, 0.3) is 5.91 Å². The van der Waals surface area contributed by atoms with E-state index in [1.165, 1.54) is 129 Å². The fourth-order valence-electron chi connectivity index (χ4n) is 13.7. The van der Waals surface area contributed by atoms with Gasteiger partial charge < -0.3 is 16.8 Å². The van der Waals surface area contributed by atoms with Crippen molar-refractivity contribution in [3.05, 3.63) is 360 Å². The van der Waals surface area contributed by atoms with Gasteiger partial charge >= 0.3 is 0 Å². The summed E-state index contributed by atoms with van der Waals surface area (Å²) in [4.78, 5) is 50.3. The summed E-state index contributed by atoms with van der Waals surface area (Å²) in [7, 11) is -1.54. The molecule has 0 aromatic heterocycles. The maximum atomic E-state index is 15.2. The number of nitrogens with one attached hydrogen (secondary N) is 3. The zero-order valence-corrected chi connectivity index (χ0v) is 78.0. The van der Waals surface area contributed by atoms with E-state index in [2.05, 4.69) is 72.7 Å². The second kappa shape index (κ2) is 46.8. The monoisotopic (exact) mass is 1960 g/mol. The van der Waals surface area contributed by atoms with Gasteiger partial charge in [0.05, 0.1) is 60.5 Å². The van der Waals surface area contributed by atoms with Gasteiger partial charge in [-0.15, -0.1) is 43.3 Å². The molecule has 0 radical (unpaired) electrons. The van der Waals surface area contributed by atoms with Crippen molar-refractivity contribution in [2.75, 3.05) is 4.43 Å². The summed E-state index contributed by atoms with van der Waals surface area (Å²) < 4.78 is 186. The van der Waals surface area contributed by atoms with E-state index in [1.54, 1.807) is 207 Å². The van der Waals surface area contributed by atoms with Crippen LogP contribution < -0.4 is 26.8 Å². The van der Waals surface area contributed by atoms with Crippen LogP contribution in [0.3, 0.4) is 0 Å². The number of thiocarbonyl (C=S) groups is 1. The van der Waals surface area contributed by atoms with Crippen molar-refractivity contribution in [2.24, 2.45) is 26.4 Å². The number of carbonyl (C=O) groups excluding carboxylic acids is 3. The average Bonchev–Trinajstić information content (AvgIpc) is 0.744. The molecular formula is C97H103F12IN8O4S5. The van der Waals surface area contributed by atoms with E-state index in [0.29, 0.717) is 36.4 Å². The second-order valence-corrected chi connectivity index (χ2v) is 39.1. The van der Waals surface area contributed by atoms with Gasteiger partial charge in [-0.2, -0.15) is 0 Å². The molecule has 676 valence electrons. The zero-order valence-electron chi connectivity index (χ0n) is 71.8. The molecule has 0 spiro atoms. The number of ketones is 2. The summed E-state index contributed by atoms with van der Waals surface area (Å²) in [5.74, 6) is -3.63. The van der Waals surface area contributed by atoms with E-state index < -0.39 is 132 Å². The van der Waals surface area contributed by atoms with Gasteiger partial charge in [0.1, 0.15) is 88.6 Å². The molecule has 3 heterocycles. The highest BCUT2D eigenvalue weighted by molar-refractivity contribution is 14.1. The van der Waals surface area contributed by atoms with Crippen LogP contribution >= 0.6 is 70.1 Å². The number of benzene rings is 9. The number of hydrogen-bond donors (Lipinski definition) is 5. The quantitative estimate of drug-likeness (QED) is 0.0102. The van der Waals surface area contributed by atoms with E-state index in [1.807, 2.05) is 12.1 Å². The molecule has 3 aliphatic rings. The Hall–Kier alpha value is -9.28. The highest BCUT2D eigenvalue weighted by Gasteiger charge is 2.50. The van der Waals surface area contributed by atoms with Crippen molar-refractivity contribution in [2.45, 2.75) is 180 Å². The molecule has 16 atom stereocenters. The Morgan fingerprint density at radius 1 is 0.480 bits per heavy atom. The van der Waals surface area contributed by atoms with E-state index in [4.69, 9.17) is 23.7 Å². The average molecular weight is 1960 g/mol. The van der Waals surface area contributed by atoms with Crippen LogP contribution in [-0.2, 0) is 44.2 Å². The van der Waals surface area contributed by atoms with Gasteiger partial charge in [0.15, 0.2) is 21.8 Å². The van der Waals surface area contributed by atoms with E-state index >= 15 is 4.39 Å². The predicted octanol–water partition coefficient (Wildman–Crippen LogP) is 23.6. The van der Waals surface area contributed by atoms with Crippen molar-refractivity contribution in [3.8, 4) is 0 Å². The van der Waals surface area contributed by atoms with Crippen LogP contribution in [0.2, 0.25) is 0 Å². The maximum absolute atomic E-state index is 15.2. The Morgan fingerprint density at radius 3 is 1.18 bits per heavy atom. The van der Waals surface area contributed by atoms with E-state index in [-0.39, 0.29) is 73.4 Å². The normalized spacial score (nSPS) is 22.4. The second-order valence-electron chi connectivity index (χ2n) is 31.7. The summed E-state index contributed by atoms with van der Waals surface area (Å²) in [6.07, 6.45) is -5.24. The SMILES string of the molecule is C=C[C@H](F)[C@](C)(N)c1ccccc1F.C=C[C@H](F)[C@](C)(NC(=S)NC(=O)c1ccccc1)c1ccccc1F.C=C[C@H](F)[C@](C)(N[S@](=O)C(C)(C)C)c1ccccc1F.C[C@H]1SC(CC(=O)c2ccccc2)=N[C@](C)(c2ccccc2F)[C@H]1F.C[C@H]1SC(N)=N[C@](C)(c2ccccc2F)[C@H]1F.C[C@]1(c2ccccc2F)N=C(CC(=O)c2ccccc2)S[C@H](CI)[C@@H]1F. The number of thioether (sulfide) groups is 3. The number of amides is 1.